The van der Waals surface area contributed by atoms with Gasteiger partial charge in [0.1, 0.15) is 0 Å². The maximum Gasteiger partial charge on any atom is 0.230 e. The average molecular weight is 430 g/mol. The molecule has 0 aliphatic heterocycles. The van der Waals surface area contributed by atoms with Crippen LogP contribution in [0.1, 0.15) is 24.1 Å². The van der Waals surface area contributed by atoms with Gasteiger partial charge in [-0.2, -0.15) is 0 Å². The van der Waals surface area contributed by atoms with Crippen LogP contribution in [0.15, 0.2) is 84.3 Å². The van der Waals surface area contributed by atoms with Crippen LogP contribution in [0.25, 0.3) is 17.1 Å². The van der Waals surface area contributed by atoms with Gasteiger partial charge in [-0.25, -0.2) is 0 Å². The van der Waals surface area contributed by atoms with Crippen LogP contribution in [0, 0.1) is 6.92 Å². The van der Waals surface area contributed by atoms with E-state index in [9.17, 15) is 4.79 Å². The van der Waals surface area contributed by atoms with Crippen molar-refractivity contribution in [2.75, 3.05) is 5.75 Å². The summed E-state index contributed by atoms with van der Waals surface area (Å²) in [6.45, 7) is 4.03. The molecule has 156 valence electrons. The normalized spacial score (nSPS) is 11.8. The molecule has 0 saturated carbocycles. The summed E-state index contributed by atoms with van der Waals surface area (Å²) in [7, 11) is 0. The minimum atomic E-state index is -0.0607. The van der Waals surface area contributed by atoms with Crippen molar-refractivity contribution in [1.29, 1.82) is 0 Å². The third-order valence-corrected chi connectivity index (χ3v) is 5.85. The summed E-state index contributed by atoms with van der Waals surface area (Å²) < 4.78 is 1.99. The quantitative estimate of drug-likeness (QED) is 0.435. The molecule has 6 nitrogen and oxygen atoms in total. The first-order valence-corrected chi connectivity index (χ1v) is 11.0. The molecule has 1 atom stereocenters. The highest BCUT2D eigenvalue weighted by molar-refractivity contribution is 7.99. The predicted molar refractivity (Wildman–Crippen MR) is 123 cm³/mol. The van der Waals surface area contributed by atoms with Gasteiger partial charge >= 0.3 is 0 Å². The molecular formula is C24H23N5OS. The zero-order valence-electron chi connectivity index (χ0n) is 17.4. The van der Waals surface area contributed by atoms with Gasteiger partial charge in [0, 0.05) is 18.0 Å². The first-order valence-electron chi connectivity index (χ1n) is 10.0. The van der Waals surface area contributed by atoms with Crippen molar-refractivity contribution in [3.63, 3.8) is 0 Å². The van der Waals surface area contributed by atoms with Gasteiger partial charge in [0.05, 0.1) is 17.5 Å². The number of nitrogens with zero attached hydrogens (tertiary/aromatic N) is 4. The van der Waals surface area contributed by atoms with Gasteiger partial charge in [0.25, 0.3) is 0 Å². The van der Waals surface area contributed by atoms with Gasteiger partial charge in [-0.15, -0.1) is 10.2 Å². The summed E-state index contributed by atoms with van der Waals surface area (Å²) in [5, 5.41) is 12.5. The van der Waals surface area contributed by atoms with Crippen molar-refractivity contribution in [2.24, 2.45) is 0 Å². The summed E-state index contributed by atoms with van der Waals surface area (Å²) >= 11 is 1.37. The first kappa shape index (κ1) is 20.8. The van der Waals surface area contributed by atoms with Crippen LogP contribution in [0.3, 0.4) is 0 Å². The molecule has 0 aliphatic carbocycles. The number of nitrogens with one attached hydrogen (secondary N) is 1. The number of hydrogen-bond donors (Lipinski definition) is 1. The molecule has 2 aromatic heterocycles. The van der Waals surface area contributed by atoms with E-state index in [2.05, 4.69) is 20.5 Å². The first-order chi connectivity index (χ1) is 15.1. The molecule has 4 aromatic rings. The second-order valence-corrected chi connectivity index (χ2v) is 8.10. The third-order valence-electron chi connectivity index (χ3n) is 4.92. The monoisotopic (exact) mass is 429 g/mol. The number of thioether (sulfide) groups is 1. The van der Waals surface area contributed by atoms with Gasteiger partial charge in [-0.05, 0) is 43.2 Å². The maximum absolute atomic E-state index is 12.6. The molecule has 1 N–H and O–H groups in total. The molecule has 4 rings (SSSR count). The molecule has 7 heteroatoms. The number of carbonyl (C=O) groups excluding carboxylic acids is 1. The summed E-state index contributed by atoms with van der Waals surface area (Å²) in [4.78, 5) is 16.8. The Morgan fingerprint density at radius 3 is 2.55 bits per heavy atom. The summed E-state index contributed by atoms with van der Waals surface area (Å²) in [6.07, 6.45) is 3.49. The number of hydrogen-bond acceptors (Lipinski definition) is 5. The van der Waals surface area contributed by atoms with E-state index in [1.165, 1.54) is 11.8 Å². The predicted octanol–water partition coefficient (Wildman–Crippen LogP) is 4.61. The molecule has 0 spiro atoms. The van der Waals surface area contributed by atoms with Crippen molar-refractivity contribution in [1.82, 2.24) is 25.1 Å². The smallest absolute Gasteiger partial charge is 0.230 e. The number of amides is 1. The molecule has 0 bridgehead atoms. The van der Waals surface area contributed by atoms with Gasteiger partial charge in [0.2, 0.25) is 5.91 Å². The molecule has 0 aliphatic rings. The minimum Gasteiger partial charge on any atom is -0.349 e. The number of pyridine rings is 1. The van der Waals surface area contributed by atoms with Gasteiger partial charge in [0.15, 0.2) is 11.0 Å². The minimum absolute atomic E-state index is 0.0522. The molecule has 2 aromatic carbocycles. The largest absolute Gasteiger partial charge is 0.349 e. The van der Waals surface area contributed by atoms with E-state index in [4.69, 9.17) is 0 Å². The number of aromatic nitrogens is 4. The number of carbonyl (C=O) groups is 1. The zero-order chi connectivity index (χ0) is 21.6. The van der Waals surface area contributed by atoms with Crippen LogP contribution in [0.2, 0.25) is 0 Å². The highest BCUT2D eigenvalue weighted by atomic mass is 32.2. The number of benzene rings is 2. The highest BCUT2D eigenvalue weighted by Gasteiger charge is 2.19. The van der Waals surface area contributed by atoms with E-state index in [1.54, 1.807) is 12.4 Å². The summed E-state index contributed by atoms with van der Waals surface area (Å²) in [6, 6.07) is 21.7. The Kier molecular flexibility index (Phi) is 6.43. The Labute approximate surface area is 185 Å². The number of para-hydroxylation sites is 1. The molecule has 2 heterocycles. The standard InChI is InChI=1S/C24H23N5OS/c1-17-9-6-7-13-21(17)29-23(20-12-8-14-25-15-20)27-28-24(29)31-16-22(30)26-18(2)19-10-4-3-5-11-19/h3-15,18H,16H2,1-2H3,(H,26,30)/t18-/m1/s1. The summed E-state index contributed by atoms with van der Waals surface area (Å²) in [5.74, 6) is 0.889. The van der Waals surface area contributed by atoms with Crippen LogP contribution in [-0.4, -0.2) is 31.4 Å². The molecule has 0 saturated heterocycles. The number of rotatable bonds is 7. The SMILES string of the molecule is Cc1ccccc1-n1c(SCC(=O)N[C@H](C)c2ccccc2)nnc1-c1cccnc1. The lowest BCUT2D eigenvalue weighted by atomic mass is 10.1. The fraction of sp³-hybridized carbons (Fsp3) is 0.167. The van der Waals surface area contributed by atoms with Crippen molar-refractivity contribution < 1.29 is 4.79 Å². The van der Waals surface area contributed by atoms with E-state index in [-0.39, 0.29) is 17.7 Å². The van der Waals surface area contributed by atoms with E-state index in [1.807, 2.05) is 85.1 Å². The van der Waals surface area contributed by atoms with E-state index < -0.39 is 0 Å². The lowest BCUT2D eigenvalue weighted by Crippen LogP contribution is -2.28. The van der Waals surface area contributed by atoms with Crippen molar-refractivity contribution >= 4 is 17.7 Å². The Balaban J connectivity index is 1.57. The third kappa shape index (κ3) is 4.83. The zero-order valence-corrected chi connectivity index (χ0v) is 18.2. The lowest BCUT2D eigenvalue weighted by Gasteiger charge is -2.15. The number of aryl methyl sites for hydroxylation is 1. The van der Waals surface area contributed by atoms with Crippen LogP contribution in [0.4, 0.5) is 0 Å². The second kappa shape index (κ2) is 9.57. The highest BCUT2D eigenvalue weighted by Crippen LogP contribution is 2.29. The van der Waals surface area contributed by atoms with Crippen LogP contribution in [-0.2, 0) is 4.79 Å². The Morgan fingerprint density at radius 1 is 1.03 bits per heavy atom. The molecule has 0 radical (unpaired) electrons. The van der Waals surface area contributed by atoms with Gasteiger partial charge in [-0.3, -0.25) is 14.3 Å². The van der Waals surface area contributed by atoms with E-state index >= 15 is 0 Å². The molecular weight excluding hydrogens is 406 g/mol. The Hall–Kier alpha value is -3.45. The van der Waals surface area contributed by atoms with Crippen molar-refractivity contribution in [3.05, 3.63) is 90.3 Å². The summed E-state index contributed by atoms with van der Waals surface area (Å²) in [5.41, 5.74) is 4.01. The topological polar surface area (TPSA) is 72.7 Å². The maximum atomic E-state index is 12.6. The lowest BCUT2D eigenvalue weighted by molar-refractivity contribution is -0.119. The second-order valence-electron chi connectivity index (χ2n) is 7.16. The fourth-order valence-corrected chi connectivity index (χ4v) is 4.07. The van der Waals surface area contributed by atoms with Crippen molar-refractivity contribution in [2.45, 2.75) is 25.0 Å². The van der Waals surface area contributed by atoms with E-state index in [0.717, 1.165) is 22.4 Å². The molecule has 0 fully saturated rings. The van der Waals surface area contributed by atoms with Crippen LogP contribution in [0.5, 0.6) is 0 Å². The van der Waals surface area contributed by atoms with Crippen LogP contribution < -0.4 is 5.32 Å². The molecule has 31 heavy (non-hydrogen) atoms. The Bertz CT molecular complexity index is 1160. The van der Waals surface area contributed by atoms with Crippen LogP contribution >= 0.6 is 11.8 Å². The molecule has 0 unspecified atom stereocenters. The van der Waals surface area contributed by atoms with Crippen molar-refractivity contribution in [3.8, 4) is 17.1 Å². The fourth-order valence-electron chi connectivity index (χ4n) is 3.32. The van der Waals surface area contributed by atoms with E-state index in [0.29, 0.717) is 11.0 Å². The molecule has 1 amide bonds. The average Bonchev–Trinajstić information content (AvgIpc) is 3.23. The Morgan fingerprint density at radius 2 is 1.81 bits per heavy atom. The van der Waals surface area contributed by atoms with Gasteiger partial charge in [-0.1, -0.05) is 60.3 Å². The van der Waals surface area contributed by atoms with Gasteiger partial charge < -0.3 is 5.32 Å².